The van der Waals surface area contributed by atoms with E-state index >= 15 is 0 Å². The molecule has 5 heteroatoms. The van der Waals surface area contributed by atoms with Gasteiger partial charge in [-0.25, -0.2) is 0 Å². The first-order valence-electron chi connectivity index (χ1n) is 5.26. The number of nitrogens with two attached hydrogens (primary N) is 1. The van der Waals surface area contributed by atoms with Gasteiger partial charge >= 0.3 is 0 Å². The maximum absolute atomic E-state index is 11.8. The molecule has 0 saturated heterocycles. The summed E-state index contributed by atoms with van der Waals surface area (Å²) in [7, 11) is 0. The Morgan fingerprint density at radius 3 is 2.05 bits per heavy atom. The first-order chi connectivity index (χ1) is 8.16. The molecule has 102 valence electrons. The maximum Gasteiger partial charge on any atom is 0.249 e. The maximum atomic E-state index is 11.8. The van der Waals surface area contributed by atoms with Crippen molar-refractivity contribution in [3.63, 3.8) is 0 Å². The van der Waals surface area contributed by atoms with Crippen LogP contribution in [0.3, 0.4) is 0 Å². The summed E-state index contributed by atoms with van der Waals surface area (Å²) in [5.74, 6) is -1.14. The molecule has 2 N–H and O–H groups in total. The van der Waals surface area contributed by atoms with Gasteiger partial charge in [0, 0.05) is 47.7 Å². The van der Waals surface area contributed by atoms with Crippen LogP contribution in [0.25, 0.3) is 16.8 Å². The molecule has 0 amide bonds. The summed E-state index contributed by atoms with van der Waals surface area (Å²) in [5, 5.41) is 1.97. The molecule has 0 aromatic heterocycles. The molecule has 0 radical (unpaired) electrons. The Kier molecular flexibility index (Phi) is 5.01. The Balaban J connectivity index is 0.000000902. The molecule has 2 aromatic carbocycles. The molecule has 1 aliphatic carbocycles. The Morgan fingerprint density at radius 1 is 0.842 bits per heavy atom. The van der Waals surface area contributed by atoms with E-state index in [2.05, 4.69) is 0 Å². The zero-order valence-electron chi connectivity index (χ0n) is 9.57. The fourth-order valence-electron chi connectivity index (χ4n) is 2.06. The topological polar surface area (TPSA) is 60.2 Å². The third-order valence-corrected chi connectivity index (χ3v) is 2.94. The second kappa shape index (κ2) is 5.94. The van der Waals surface area contributed by atoms with Crippen molar-refractivity contribution in [2.75, 3.05) is 0 Å². The average molecular weight is 613 g/mol. The van der Waals surface area contributed by atoms with E-state index in [-0.39, 0.29) is 47.8 Å². The molecule has 19 heavy (non-hydrogen) atoms. The van der Waals surface area contributed by atoms with Gasteiger partial charge in [-0.3, -0.25) is 9.59 Å². The van der Waals surface area contributed by atoms with Gasteiger partial charge in [-0.05, 0) is 34.5 Å². The quantitative estimate of drug-likeness (QED) is 0.463. The van der Waals surface area contributed by atoms with Crippen molar-refractivity contribution in [2.45, 2.75) is 0 Å². The molecular weight excluding hydrogens is 604 g/mol. The molecule has 0 heterocycles. The number of carbonyl (C=O) groups is 2. The van der Waals surface area contributed by atoms with E-state index < -0.39 is 11.6 Å². The second-order valence-electron chi connectivity index (χ2n) is 4.04. The van der Waals surface area contributed by atoms with Crippen LogP contribution in [-0.2, 0) is 46.9 Å². The van der Waals surface area contributed by atoms with E-state index in [1.807, 2.05) is 30.3 Å². The smallest absolute Gasteiger partial charge is 0.249 e. The predicted octanol–water partition coefficient (Wildman–Crippen LogP) is 1.90. The predicted molar refractivity (Wildman–Crippen MR) is 65.4 cm³/mol. The Labute approximate surface area is 138 Å². The normalized spacial score (nSPS) is 13.2. The van der Waals surface area contributed by atoms with Crippen molar-refractivity contribution >= 4 is 28.4 Å². The van der Waals surface area contributed by atoms with E-state index in [0.29, 0.717) is 11.1 Å². The molecule has 0 bridgehead atoms. The van der Waals surface area contributed by atoms with E-state index in [0.717, 1.165) is 10.8 Å². The Bertz CT molecular complexity index is 708. The number of rotatable bonds is 0. The summed E-state index contributed by atoms with van der Waals surface area (Å²) in [4.78, 5) is 23.3. The summed E-state index contributed by atoms with van der Waals surface area (Å²) < 4.78 is 0. The number of ketones is 2. The van der Waals surface area contributed by atoms with Crippen molar-refractivity contribution in [3.8, 4) is 0 Å². The number of Topliss-reactive ketones (excluding diaryl/α,β-unsaturated/α-hetero) is 2. The van der Waals surface area contributed by atoms with Crippen molar-refractivity contribution < 1.29 is 51.7 Å². The third-order valence-electron chi connectivity index (χ3n) is 2.94. The number of benzene rings is 2. The van der Waals surface area contributed by atoms with Crippen LogP contribution in [0.1, 0.15) is 15.9 Å². The monoisotopic (exact) mass is 613 g/mol. The van der Waals surface area contributed by atoms with E-state index in [9.17, 15) is 9.59 Å². The third kappa shape index (κ3) is 2.63. The van der Waals surface area contributed by atoms with Gasteiger partial charge in [0.25, 0.3) is 0 Å². The summed E-state index contributed by atoms with van der Waals surface area (Å²) in [6, 6.07) is 11.3. The van der Waals surface area contributed by atoms with Crippen molar-refractivity contribution in [2.24, 2.45) is 5.73 Å². The number of hydrogen-bond acceptors (Lipinski definition) is 3. The van der Waals surface area contributed by atoms with Gasteiger partial charge in [-0.1, -0.05) is 24.3 Å². The molecule has 2 aromatic rings. The molecule has 3 nitrogen and oxygen atoms in total. The van der Waals surface area contributed by atoms with Crippen LogP contribution < -0.4 is 5.73 Å². The van der Waals surface area contributed by atoms with Gasteiger partial charge in [0.1, 0.15) is 0 Å². The van der Waals surface area contributed by atoms with Crippen LogP contribution >= 0.6 is 0 Å². The zero-order valence-corrected chi connectivity index (χ0v) is 14.1. The van der Waals surface area contributed by atoms with Gasteiger partial charge in [0.2, 0.25) is 11.6 Å². The minimum absolute atomic E-state index is 0. The van der Waals surface area contributed by atoms with E-state index in [1.54, 1.807) is 12.1 Å². The molecule has 0 fully saturated rings. The van der Waals surface area contributed by atoms with Crippen LogP contribution in [0.15, 0.2) is 42.1 Å². The summed E-state index contributed by atoms with van der Waals surface area (Å²) in [6.07, 6.45) is 1.56. The fourth-order valence-corrected chi connectivity index (χ4v) is 2.06. The molecule has 0 atom stereocenters. The van der Waals surface area contributed by atoms with Crippen LogP contribution in [0.4, 0.5) is 0 Å². The van der Waals surface area contributed by atoms with Crippen LogP contribution in [-0.4, -0.2) is 11.6 Å². The minimum atomic E-state index is -0.618. The van der Waals surface area contributed by atoms with Gasteiger partial charge in [-0.15, -0.1) is 0 Å². The van der Waals surface area contributed by atoms with Gasteiger partial charge in [0.05, 0.1) is 5.70 Å². The molecule has 0 unspecified atom stereocenters. The van der Waals surface area contributed by atoms with Gasteiger partial charge in [-0.2, -0.15) is 0 Å². The largest absolute Gasteiger partial charge is 0.395 e. The minimum Gasteiger partial charge on any atom is -0.395 e. The van der Waals surface area contributed by atoms with Crippen molar-refractivity contribution in [1.29, 1.82) is 0 Å². The number of hydrogen-bond donors (Lipinski definition) is 1. The number of fused-ring (bicyclic) bond motifs is 2. The molecule has 3 rings (SSSR count). The Morgan fingerprint density at radius 2 is 1.42 bits per heavy atom. The van der Waals surface area contributed by atoms with Crippen molar-refractivity contribution in [3.05, 3.63) is 53.2 Å². The molecule has 0 aliphatic heterocycles. The van der Waals surface area contributed by atoms with Crippen LogP contribution in [0, 0.1) is 0 Å². The average Bonchev–Trinajstić information content (AvgIpc) is 2.34. The van der Waals surface area contributed by atoms with E-state index in [4.69, 9.17) is 5.73 Å². The summed E-state index contributed by atoms with van der Waals surface area (Å²) >= 11 is 0. The molecule has 1 aliphatic rings. The van der Waals surface area contributed by atoms with Crippen LogP contribution in [0.2, 0.25) is 0 Å². The Hall–Kier alpha value is -1.04. The first kappa shape index (κ1) is 16.0. The number of allylic oxidation sites excluding steroid dienone is 1. The van der Waals surface area contributed by atoms with Gasteiger partial charge in [0.15, 0.2) is 0 Å². The summed E-state index contributed by atoms with van der Waals surface area (Å²) in [5.41, 5.74) is 6.68. The van der Waals surface area contributed by atoms with Crippen LogP contribution in [0.5, 0.6) is 0 Å². The fraction of sp³-hybridized carbons (Fsp3) is 0. The number of carbonyl (C=O) groups excluding carboxylic acids is 2. The first-order valence-corrected chi connectivity index (χ1v) is 5.26. The molecular formula is C14H9NO2Pt2. The zero-order chi connectivity index (χ0) is 12.0. The van der Waals surface area contributed by atoms with Crippen molar-refractivity contribution in [1.82, 2.24) is 0 Å². The van der Waals surface area contributed by atoms with E-state index in [1.165, 1.54) is 0 Å². The summed E-state index contributed by atoms with van der Waals surface area (Å²) in [6.45, 7) is 0. The SMILES string of the molecule is NC1=Cc2cc3ccccc3cc2C(=O)C1=O.[Pt].[Pt]. The second-order valence-corrected chi connectivity index (χ2v) is 4.04. The molecule has 0 saturated carbocycles. The standard InChI is InChI=1S/C14H9NO2.2Pt/c15-12-7-10-5-8-3-1-2-4-9(8)6-11(10)13(16)14(12)17;;/h1-7H,15H2;;. The van der Waals surface area contributed by atoms with Gasteiger partial charge < -0.3 is 5.73 Å². The molecule has 0 spiro atoms.